The second-order valence-electron chi connectivity index (χ2n) is 9.31. The first-order valence-electron chi connectivity index (χ1n) is 11.1. The van der Waals surface area contributed by atoms with Gasteiger partial charge in [-0.25, -0.2) is 9.18 Å². The summed E-state index contributed by atoms with van der Waals surface area (Å²) in [4.78, 5) is 39.4. The summed E-state index contributed by atoms with van der Waals surface area (Å²) in [6.45, 7) is 6.22. The Morgan fingerprint density at radius 3 is 2.36 bits per heavy atom. The Kier molecular flexibility index (Phi) is 7.81. The van der Waals surface area contributed by atoms with Crippen molar-refractivity contribution in [1.29, 1.82) is 0 Å². The van der Waals surface area contributed by atoms with Crippen LogP contribution in [-0.4, -0.2) is 47.4 Å². The smallest absolute Gasteiger partial charge is 0.321 e. The number of urea groups is 1. The van der Waals surface area contributed by atoms with Gasteiger partial charge in [0.1, 0.15) is 5.82 Å². The van der Waals surface area contributed by atoms with Gasteiger partial charge in [-0.1, -0.05) is 36.4 Å². The summed E-state index contributed by atoms with van der Waals surface area (Å²) in [5, 5.41) is 7.97. The molecule has 0 radical (unpaired) electrons. The third-order valence-corrected chi connectivity index (χ3v) is 5.36. The highest BCUT2D eigenvalue weighted by Crippen LogP contribution is 2.23. The van der Waals surface area contributed by atoms with Crippen molar-refractivity contribution >= 4 is 17.8 Å². The van der Waals surface area contributed by atoms with E-state index in [-0.39, 0.29) is 18.3 Å². The highest BCUT2D eigenvalue weighted by molar-refractivity contribution is 5.95. The van der Waals surface area contributed by atoms with Gasteiger partial charge in [0.05, 0.1) is 12.6 Å². The Balaban J connectivity index is 1.63. The second kappa shape index (κ2) is 10.6. The summed E-state index contributed by atoms with van der Waals surface area (Å²) in [7, 11) is 0. The maximum atomic E-state index is 13.1. The molecule has 3 rings (SSSR count). The van der Waals surface area contributed by atoms with Crippen LogP contribution in [0.1, 0.15) is 37.5 Å². The van der Waals surface area contributed by atoms with Crippen molar-refractivity contribution in [3.05, 3.63) is 71.0 Å². The number of carbonyl (C=O) groups excluding carboxylic acids is 3. The quantitative estimate of drug-likeness (QED) is 0.626. The van der Waals surface area contributed by atoms with Crippen molar-refractivity contribution in [2.45, 2.75) is 51.7 Å². The fourth-order valence-electron chi connectivity index (χ4n) is 3.82. The van der Waals surface area contributed by atoms with Gasteiger partial charge in [0.2, 0.25) is 11.8 Å². The van der Waals surface area contributed by atoms with Crippen LogP contribution in [-0.2, 0) is 29.0 Å². The number of hydrogen-bond acceptors (Lipinski definition) is 4. The summed E-state index contributed by atoms with van der Waals surface area (Å²) < 4.78 is 13.1. The monoisotopic (exact) mass is 454 g/mol. The van der Waals surface area contributed by atoms with Crippen LogP contribution >= 0.6 is 0 Å². The number of nitrogens with one attached hydrogen (secondary N) is 3. The van der Waals surface area contributed by atoms with Crippen molar-refractivity contribution in [3.63, 3.8) is 0 Å². The number of benzene rings is 2. The van der Waals surface area contributed by atoms with Gasteiger partial charge in [0, 0.05) is 18.6 Å². The molecule has 1 aliphatic rings. The Morgan fingerprint density at radius 2 is 1.70 bits per heavy atom. The van der Waals surface area contributed by atoms with Gasteiger partial charge in [0.25, 0.3) is 0 Å². The molecule has 1 aliphatic heterocycles. The first kappa shape index (κ1) is 24.4. The normalized spacial score (nSPS) is 15.9. The average molecular weight is 455 g/mol. The van der Waals surface area contributed by atoms with Crippen LogP contribution < -0.4 is 16.0 Å². The molecule has 0 fully saturated rings. The Hall–Kier alpha value is -3.26. The molecule has 7 nitrogen and oxygen atoms in total. The van der Waals surface area contributed by atoms with E-state index in [9.17, 15) is 18.8 Å². The molecule has 2 aromatic rings. The Morgan fingerprint density at radius 1 is 1.03 bits per heavy atom. The lowest BCUT2D eigenvalue weighted by Gasteiger charge is -2.35. The average Bonchev–Trinajstić information content (AvgIpc) is 2.73. The summed E-state index contributed by atoms with van der Waals surface area (Å²) in [5.41, 5.74) is 2.58. The SMILES string of the molecule is CC(C)(C)NC(=O)NC(=O)CN1Cc2ccccc2CC1C(=O)NCCc1ccc(F)cc1. The second-order valence-corrected chi connectivity index (χ2v) is 9.31. The van der Waals surface area contributed by atoms with Crippen LogP contribution in [0.15, 0.2) is 48.5 Å². The molecule has 33 heavy (non-hydrogen) atoms. The number of hydrogen-bond donors (Lipinski definition) is 3. The van der Waals surface area contributed by atoms with E-state index >= 15 is 0 Å². The van der Waals surface area contributed by atoms with E-state index in [0.717, 1.165) is 16.7 Å². The maximum Gasteiger partial charge on any atom is 0.321 e. The third-order valence-electron chi connectivity index (χ3n) is 5.36. The molecule has 3 N–H and O–H groups in total. The van der Waals surface area contributed by atoms with Crippen LogP contribution in [0, 0.1) is 5.82 Å². The van der Waals surface area contributed by atoms with Crippen LogP contribution in [0.4, 0.5) is 9.18 Å². The molecule has 0 spiro atoms. The van der Waals surface area contributed by atoms with E-state index in [1.807, 2.05) is 45.0 Å². The lowest BCUT2D eigenvalue weighted by molar-refractivity contribution is -0.129. The van der Waals surface area contributed by atoms with Crippen LogP contribution in [0.25, 0.3) is 0 Å². The van der Waals surface area contributed by atoms with Gasteiger partial charge in [-0.05, 0) is 62.4 Å². The van der Waals surface area contributed by atoms with Crippen molar-refractivity contribution in [2.24, 2.45) is 0 Å². The van der Waals surface area contributed by atoms with Crippen LogP contribution in [0.5, 0.6) is 0 Å². The van der Waals surface area contributed by atoms with E-state index in [0.29, 0.717) is 25.9 Å². The minimum absolute atomic E-state index is 0.0814. The molecule has 0 bridgehead atoms. The molecule has 0 aromatic heterocycles. The van der Waals surface area contributed by atoms with Gasteiger partial charge in [0.15, 0.2) is 0 Å². The number of nitrogens with zero attached hydrogens (tertiary/aromatic N) is 1. The number of amides is 4. The van der Waals surface area contributed by atoms with E-state index in [1.54, 1.807) is 17.0 Å². The molecular formula is C25H31FN4O3. The first-order valence-corrected chi connectivity index (χ1v) is 11.1. The fourth-order valence-corrected chi connectivity index (χ4v) is 3.82. The molecule has 1 atom stereocenters. The molecule has 2 aromatic carbocycles. The van der Waals surface area contributed by atoms with Crippen molar-refractivity contribution < 1.29 is 18.8 Å². The number of carbonyl (C=O) groups is 3. The minimum Gasteiger partial charge on any atom is -0.354 e. The first-order chi connectivity index (χ1) is 15.6. The minimum atomic E-state index is -0.565. The van der Waals surface area contributed by atoms with E-state index < -0.39 is 23.5 Å². The van der Waals surface area contributed by atoms with E-state index in [4.69, 9.17) is 0 Å². The zero-order valence-electron chi connectivity index (χ0n) is 19.3. The number of fused-ring (bicyclic) bond motifs is 1. The predicted octanol–water partition coefficient (Wildman–Crippen LogP) is 2.54. The zero-order chi connectivity index (χ0) is 24.0. The molecule has 0 saturated carbocycles. The molecule has 4 amide bonds. The zero-order valence-corrected chi connectivity index (χ0v) is 19.3. The number of halogens is 1. The highest BCUT2D eigenvalue weighted by Gasteiger charge is 2.32. The summed E-state index contributed by atoms with van der Waals surface area (Å²) >= 11 is 0. The summed E-state index contributed by atoms with van der Waals surface area (Å²) in [6.07, 6.45) is 1.04. The van der Waals surface area contributed by atoms with Crippen LogP contribution in [0.3, 0.4) is 0 Å². The molecule has 1 heterocycles. The fraction of sp³-hybridized carbons (Fsp3) is 0.400. The molecule has 1 unspecified atom stereocenters. The van der Waals surface area contributed by atoms with Gasteiger partial charge in [-0.15, -0.1) is 0 Å². The molecule has 0 saturated heterocycles. The van der Waals surface area contributed by atoms with Gasteiger partial charge in [-0.2, -0.15) is 0 Å². The summed E-state index contributed by atoms with van der Waals surface area (Å²) in [5.74, 6) is -0.951. The van der Waals surface area contributed by atoms with E-state index in [1.165, 1.54) is 12.1 Å². The molecule has 176 valence electrons. The largest absolute Gasteiger partial charge is 0.354 e. The highest BCUT2D eigenvalue weighted by atomic mass is 19.1. The third kappa shape index (κ3) is 7.39. The predicted molar refractivity (Wildman–Crippen MR) is 124 cm³/mol. The molecular weight excluding hydrogens is 423 g/mol. The Bertz CT molecular complexity index is 1000. The summed E-state index contributed by atoms with van der Waals surface area (Å²) in [6, 6.07) is 12.9. The number of rotatable bonds is 6. The topological polar surface area (TPSA) is 90.5 Å². The maximum absolute atomic E-state index is 13.1. The van der Waals surface area contributed by atoms with E-state index in [2.05, 4.69) is 16.0 Å². The van der Waals surface area contributed by atoms with Crippen molar-refractivity contribution in [2.75, 3.05) is 13.1 Å². The van der Waals surface area contributed by atoms with Gasteiger partial charge >= 0.3 is 6.03 Å². The standard InChI is InChI=1S/C25H31FN4O3/c1-25(2,3)29-24(33)28-22(31)16-30-15-19-7-5-4-6-18(19)14-21(30)23(32)27-13-12-17-8-10-20(26)11-9-17/h4-11,21H,12-16H2,1-3H3,(H,27,32)(H2,28,29,31,33). The van der Waals surface area contributed by atoms with Crippen molar-refractivity contribution in [3.8, 4) is 0 Å². The molecule has 0 aliphatic carbocycles. The van der Waals surface area contributed by atoms with Crippen LogP contribution in [0.2, 0.25) is 0 Å². The van der Waals surface area contributed by atoms with Gasteiger partial charge < -0.3 is 10.6 Å². The van der Waals surface area contributed by atoms with Crippen molar-refractivity contribution in [1.82, 2.24) is 20.9 Å². The van der Waals surface area contributed by atoms with Gasteiger partial charge in [-0.3, -0.25) is 19.8 Å². The lowest BCUT2D eigenvalue weighted by Crippen LogP contribution is -2.55. The lowest BCUT2D eigenvalue weighted by atomic mass is 9.93. The number of imide groups is 1. The molecule has 8 heteroatoms. The Labute approximate surface area is 193 Å².